The number of aromatic nitrogens is 5. The first kappa shape index (κ1) is 18.3. The van der Waals surface area contributed by atoms with Gasteiger partial charge in [-0.2, -0.15) is 25.0 Å². The van der Waals surface area contributed by atoms with Crippen LogP contribution in [-0.4, -0.2) is 61.4 Å². The molecule has 1 amide bonds. The van der Waals surface area contributed by atoms with Crippen LogP contribution in [0.15, 0.2) is 36.7 Å². The van der Waals surface area contributed by atoms with E-state index in [1.54, 1.807) is 11.0 Å². The number of nitrogen functional groups attached to an aromatic ring is 2. The molecule has 3 aromatic rings. The summed E-state index contributed by atoms with van der Waals surface area (Å²) in [6.45, 7) is 1.92. The summed E-state index contributed by atoms with van der Waals surface area (Å²) < 4.78 is 14.0. The maximum Gasteiger partial charge on any atom is 0.256 e. The number of rotatable bonds is 3. The van der Waals surface area contributed by atoms with E-state index in [0.29, 0.717) is 36.3 Å². The van der Waals surface area contributed by atoms with Gasteiger partial charge in [0.05, 0.1) is 29.7 Å². The first-order valence-electron chi connectivity index (χ1n) is 9.62. The molecule has 5 rings (SSSR count). The van der Waals surface area contributed by atoms with Gasteiger partial charge in [0.1, 0.15) is 17.5 Å². The minimum Gasteiger partial charge on any atom is -0.383 e. The van der Waals surface area contributed by atoms with E-state index in [1.807, 2.05) is 0 Å². The lowest BCUT2D eigenvalue weighted by Gasteiger charge is -2.54. The monoisotopic (exact) mass is 409 g/mol. The summed E-state index contributed by atoms with van der Waals surface area (Å²) in [4.78, 5) is 26.6. The van der Waals surface area contributed by atoms with E-state index in [1.165, 1.54) is 35.4 Å². The largest absolute Gasteiger partial charge is 0.383 e. The maximum atomic E-state index is 14.0. The third-order valence-corrected chi connectivity index (χ3v) is 5.71. The van der Waals surface area contributed by atoms with Crippen molar-refractivity contribution in [3.8, 4) is 5.69 Å². The van der Waals surface area contributed by atoms with E-state index in [4.69, 9.17) is 11.5 Å². The first-order chi connectivity index (χ1) is 14.5. The fourth-order valence-electron chi connectivity index (χ4n) is 4.23. The molecule has 0 saturated carbocycles. The molecular weight excluding hydrogens is 389 g/mol. The molecule has 4 heterocycles. The Morgan fingerprint density at radius 1 is 1.10 bits per heavy atom. The molecule has 0 bridgehead atoms. The smallest absolute Gasteiger partial charge is 0.256 e. The van der Waals surface area contributed by atoms with Gasteiger partial charge in [-0.05, 0) is 24.6 Å². The van der Waals surface area contributed by atoms with Crippen LogP contribution in [0.25, 0.3) is 5.69 Å². The molecule has 11 heteroatoms. The van der Waals surface area contributed by atoms with E-state index in [-0.39, 0.29) is 23.5 Å². The number of hydrogen-bond donors (Lipinski definition) is 2. The Bertz CT molecular complexity index is 1080. The number of carbonyl (C=O) groups excluding carboxylic acids is 1. The number of carbonyl (C=O) groups is 1. The van der Waals surface area contributed by atoms with Crippen molar-refractivity contribution < 1.29 is 9.18 Å². The summed E-state index contributed by atoms with van der Waals surface area (Å²) >= 11 is 0. The standard InChI is InChI=1S/C19H20FN9O/c20-12-1-2-14(29-23-4-5-24-29)13(7-12)18(30)27-6-3-11-9-28(15(11)10-27)17-8-16(21)25-19(22)26-17/h1-2,4-5,7-8,11,15H,3,6,9-10H2,(H4,21,22,25,26)/t11-,15-/m0/s1. The van der Waals surface area contributed by atoms with E-state index in [9.17, 15) is 9.18 Å². The lowest BCUT2D eigenvalue weighted by atomic mass is 9.82. The van der Waals surface area contributed by atoms with Crippen LogP contribution in [0.4, 0.5) is 22.0 Å². The number of amides is 1. The predicted molar refractivity (Wildman–Crippen MR) is 107 cm³/mol. The minimum atomic E-state index is -0.485. The van der Waals surface area contributed by atoms with Crippen molar-refractivity contribution in [3.63, 3.8) is 0 Å². The van der Waals surface area contributed by atoms with Crippen molar-refractivity contribution in [1.82, 2.24) is 29.9 Å². The molecule has 0 unspecified atom stereocenters. The van der Waals surface area contributed by atoms with Gasteiger partial charge in [-0.3, -0.25) is 4.79 Å². The Labute approximate surface area is 171 Å². The van der Waals surface area contributed by atoms with Crippen molar-refractivity contribution in [1.29, 1.82) is 0 Å². The molecule has 0 radical (unpaired) electrons. The van der Waals surface area contributed by atoms with Crippen molar-refractivity contribution in [2.75, 3.05) is 36.0 Å². The van der Waals surface area contributed by atoms with Crippen LogP contribution < -0.4 is 16.4 Å². The summed E-state index contributed by atoms with van der Waals surface area (Å²) in [5.74, 6) is 0.790. The number of nitrogens with zero attached hydrogens (tertiary/aromatic N) is 7. The number of piperidine rings is 1. The molecule has 2 saturated heterocycles. The Kier molecular flexibility index (Phi) is 4.23. The number of halogens is 1. The molecule has 4 N–H and O–H groups in total. The average molecular weight is 409 g/mol. The quantitative estimate of drug-likeness (QED) is 0.646. The van der Waals surface area contributed by atoms with E-state index in [2.05, 4.69) is 25.1 Å². The molecule has 0 aliphatic carbocycles. The molecular formula is C19H20FN9O. The van der Waals surface area contributed by atoms with Crippen molar-refractivity contribution in [3.05, 3.63) is 48.0 Å². The summed E-state index contributed by atoms with van der Waals surface area (Å²) in [7, 11) is 0. The van der Waals surface area contributed by atoms with Gasteiger partial charge < -0.3 is 21.3 Å². The second-order valence-corrected chi connectivity index (χ2v) is 7.51. The Morgan fingerprint density at radius 3 is 2.67 bits per heavy atom. The molecule has 1 aromatic carbocycles. The van der Waals surface area contributed by atoms with Crippen LogP contribution in [0, 0.1) is 11.7 Å². The van der Waals surface area contributed by atoms with Gasteiger partial charge in [0, 0.05) is 31.6 Å². The maximum absolute atomic E-state index is 14.0. The molecule has 2 aromatic heterocycles. The van der Waals surface area contributed by atoms with Crippen LogP contribution in [0.2, 0.25) is 0 Å². The van der Waals surface area contributed by atoms with Crippen LogP contribution in [-0.2, 0) is 0 Å². The van der Waals surface area contributed by atoms with E-state index < -0.39 is 5.82 Å². The van der Waals surface area contributed by atoms with Gasteiger partial charge in [-0.1, -0.05) is 0 Å². The molecule has 2 fully saturated rings. The van der Waals surface area contributed by atoms with Gasteiger partial charge in [0.2, 0.25) is 5.95 Å². The van der Waals surface area contributed by atoms with Gasteiger partial charge in [-0.15, -0.1) is 0 Å². The number of likely N-dealkylation sites (tertiary alicyclic amines) is 1. The highest BCUT2D eigenvalue weighted by Crippen LogP contribution is 2.36. The fourth-order valence-corrected chi connectivity index (χ4v) is 4.23. The van der Waals surface area contributed by atoms with Crippen LogP contribution in [0.5, 0.6) is 0 Å². The lowest BCUT2D eigenvalue weighted by molar-refractivity contribution is 0.0590. The molecule has 2 atom stereocenters. The zero-order chi connectivity index (χ0) is 20.8. The highest BCUT2D eigenvalue weighted by atomic mass is 19.1. The Morgan fingerprint density at radius 2 is 1.90 bits per heavy atom. The Balaban J connectivity index is 1.40. The fraction of sp³-hybridized carbons (Fsp3) is 0.316. The second-order valence-electron chi connectivity index (χ2n) is 7.51. The average Bonchev–Trinajstić information content (AvgIpc) is 3.22. The summed E-state index contributed by atoms with van der Waals surface area (Å²) in [5, 5.41) is 8.15. The van der Waals surface area contributed by atoms with Gasteiger partial charge in [0.15, 0.2) is 0 Å². The van der Waals surface area contributed by atoms with Crippen LogP contribution in [0.3, 0.4) is 0 Å². The van der Waals surface area contributed by atoms with E-state index >= 15 is 0 Å². The Hall–Kier alpha value is -3.76. The number of hydrogen-bond acceptors (Lipinski definition) is 8. The predicted octanol–water partition coefficient (Wildman–Crippen LogP) is 0.712. The van der Waals surface area contributed by atoms with E-state index in [0.717, 1.165) is 13.0 Å². The summed E-state index contributed by atoms with van der Waals surface area (Å²) in [6.07, 6.45) is 3.87. The molecule has 0 spiro atoms. The zero-order valence-electron chi connectivity index (χ0n) is 16.0. The zero-order valence-corrected chi connectivity index (χ0v) is 16.0. The van der Waals surface area contributed by atoms with Gasteiger partial charge >= 0.3 is 0 Å². The third-order valence-electron chi connectivity index (χ3n) is 5.71. The molecule has 30 heavy (non-hydrogen) atoms. The number of anilines is 3. The van der Waals surface area contributed by atoms with Crippen molar-refractivity contribution in [2.24, 2.45) is 5.92 Å². The third kappa shape index (κ3) is 3.08. The minimum absolute atomic E-state index is 0.0937. The molecule has 154 valence electrons. The molecule has 2 aliphatic rings. The number of nitrogens with two attached hydrogens (primary N) is 2. The summed E-state index contributed by atoms with van der Waals surface area (Å²) in [6, 6.07) is 5.81. The highest BCUT2D eigenvalue weighted by Gasteiger charge is 2.44. The number of fused-ring (bicyclic) bond motifs is 1. The van der Waals surface area contributed by atoms with Gasteiger partial charge in [0.25, 0.3) is 5.91 Å². The molecule has 2 aliphatic heterocycles. The van der Waals surface area contributed by atoms with Crippen molar-refractivity contribution >= 4 is 23.5 Å². The number of benzene rings is 1. The molecule has 10 nitrogen and oxygen atoms in total. The normalized spacial score (nSPS) is 20.6. The first-order valence-corrected chi connectivity index (χ1v) is 9.62. The van der Waals surface area contributed by atoms with Crippen LogP contribution >= 0.6 is 0 Å². The SMILES string of the molecule is Nc1cc(N2C[C@@H]3CCN(C(=O)c4cc(F)ccc4-n4nccn4)C[C@@H]32)nc(N)n1. The van der Waals surface area contributed by atoms with Crippen LogP contribution in [0.1, 0.15) is 16.8 Å². The lowest BCUT2D eigenvalue weighted by Crippen LogP contribution is -2.65. The van der Waals surface area contributed by atoms with Gasteiger partial charge in [-0.25, -0.2) is 4.39 Å². The topological polar surface area (TPSA) is 132 Å². The second kappa shape index (κ2) is 6.94. The highest BCUT2D eigenvalue weighted by molar-refractivity contribution is 5.98. The summed E-state index contributed by atoms with van der Waals surface area (Å²) in [5.41, 5.74) is 12.2. The van der Waals surface area contributed by atoms with Crippen molar-refractivity contribution in [2.45, 2.75) is 12.5 Å².